The predicted molar refractivity (Wildman–Crippen MR) is 182 cm³/mol. The highest BCUT2D eigenvalue weighted by Gasteiger charge is 2.39. The molecule has 0 saturated carbocycles. The van der Waals surface area contributed by atoms with E-state index >= 15 is 0 Å². The third-order valence-electron chi connectivity index (χ3n) is 8.73. The fourth-order valence-corrected chi connectivity index (χ4v) is 8.24. The monoisotopic (exact) mass is 706 g/mol. The first kappa shape index (κ1) is 33.8. The van der Waals surface area contributed by atoms with E-state index in [4.69, 9.17) is 13.9 Å². The Hall–Kier alpha value is -6.04. The molecule has 1 atom stereocenters. The molecule has 250 valence electrons. The number of allylic oxidation sites excluding steroid dienone is 2. The normalized spacial score (nSPS) is 15.0. The van der Waals surface area contributed by atoms with Crippen LogP contribution in [0, 0.1) is 0 Å². The standard InChI is InChI=1S/C36H26N4O8S2/c1-3-36(2,22-12-14-24(15-13-22)48-49(43,44)31-11-7-10-26-25(31)16-19-29(39-37)34(26)41)28-18-21-32(27-17-20-30(40-38)35(42)33(27)28)50(45,46)47-23-8-5-4-6-9-23/h4-21H,3H2,1-2H3. The lowest BCUT2D eigenvalue weighted by molar-refractivity contribution is -0.00460. The van der Waals surface area contributed by atoms with E-state index in [0.717, 1.165) is 0 Å². The lowest BCUT2D eigenvalue weighted by Crippen LogP contribution is -2.30. The minimum absolute atomic E-state index is 0.0103. The number of hydrogen-bond acceptors (Lipinski definition) is 8. The molecule has 0 saturated heterocycles. The molecule has 2 aliphatic rings. The molecule has 2 aliphatic carbocycles. The maximum Gasteiger partial charge on any atom is 0.362 e. The molecule has 0 N–H and O–H groups in total. The summed E-state index contributed by atoms with van der Waals surface area (Å²) in [5.41, 5.74) is 18.4. The Bertz CT molecular complexity index is 2500. The highest BCUT2D eigenvalue weighted by Crippen LogP contribution is 2.42. The number of Topliss-reactive ketones (excluding diaryl/α,β-unsaturated/α-hetero) is 2. The van der Waals surface area contributed by atoms with Gasteiger partial charge in [-0.05, 0) is 66.1 Å². The molecule has 0 spiro atoms. The molecule has 0 aliphatic heterocycles. The van der Waals surface area contributed by atoms with Crippen LogP contribution in [-0.4, -0.2) is 49.4 Å². The first-order chi connectivity index (χ1) is 23.8. The molecule has 6 rings (SSSR count). The van der Waals surface area contributed by atoms with Crippen LogP contribution in [0.25, 0.3) is 23.2 Å². The Balaban J connectivity index is 1.38. The van der Waals surface area contributed by atoms with Crippen molar-refractivity contribution < 1.29 is 44.4 Å². The van der Waals surface area contributed by atoms with Gasteiger partial charge < -0.3 is 19.4 Å². The van der Waals surface area contributed by atoms with Crippen LogP contribution in [0.1, 0.15) is 63.2 Å². The average Bonchev–Trinajstić information content (AvgIpc) is 3.11. The van der Waals surface area contributed by atoms with E-state index in [1.807, 2.05) is 13.8 Å². The van der Waals surface area contributed by atoms with Gasteiger partial charge in [0.2, 0.25) is 0 Å². The number of ketones is 2. The molecule has 14 heteroatoms. The summed E-state index contributed by atoms with van der Waals surface area (Å²) in [6, 6.07) is 21.0. The summed E-state index contributed by atoms with van der Waals surface area (Å²) < 4.78 is 64.5. The van der Waals surface area contributed by atoms with Crippen LogP contribution >= 0.6 is 0 Å². The molecule has 0 radical (unpaired) electrons. The van der Waals surface area contributed by atoms with Crippen LogP contribution in [0.2, 0.25) is 0 Å². The quantitative estimate of drug-likeness (QED) is 0.120. The van der Waals surface area contributed by atoms with Crippen molar-refractivity contribution in [2.24, 2.45) is 0 Å². The fourth-order valence-electron chi connectivity index (χ4n) is 5.97. The molecule has 1 unspecified atom stereocenters. The van der Waals surface area contributed by atoms with Crippen LogP contribution in [0.15, 0.2) is 107 Å². The van der Waals surface area contributed by atoms with Crippen molar-refractivity contribution in [3.8, 4) is 11.5 Å². The molecule has 0 heterocycles. The number of para-hydroxylation sites is 1. The van der Waals surface area contributed by atoms with E-state index < -0.39 is 37.2 Å². The van der Waals surface area contributed by atoms with E-state index in [-0.39, 0.29) is 55.0 Å². The van der Waals surface area contributed by atoms with Crippen molar-refractivity contribution in [3.63, 3.8) is 0 Å². The first-order valence-electron chi connectivity index (χ1n) is 15.1. The van der Waals surface area contributed by atoms with E-state index in [1.54, 1.807) is 30.3 Å². The first-order valence-corrected chi connectivity index (χ1v) is 17.9. The molecular weight excluding hydrogens is 681 g/mol. The number of carbonyl (C=O) groups excluding carboxylic acids is 2. The summed E-state index contributed by atoms with van der Waals surface area (Å²) in [7, 11) is -8.86. The number of nitrogens with zero attached hydrogens (tertiary/aromatic N) is 4. The lowest BCUT2D eigenvalue weighted by atomic mass is 9.70. The Kier molecular flexibility index (Phi) is 8.64. The molecule has 0 amide bonds. The number of hydrogen-bond donors (Lipinski definition) is 0. The van der Waals surface area contributed by atoms with Gasteiger partial charge in [-0.2, -0.15) is 26.4 Å². The van der Waals surface area contributed by atoms with E-state index in [2.05, 4.69) is 9.58 Å². The van der Waals surface area contributed by atoms with Gasteiger partial charge in [-0.25, -0.2) is 0 Å². The smallest absolute Gasteiger partial charge is 0.362 e. The van der Waals surface area contributed by atoms with Crippen LogP contribution in [-0.2, 0) is 25.7 Å². The maximum absolute atomic E-state index is 13.7. The largest absolute Gasteiger partial charge is 0.379 e. The summed E-state index contributed by atoms with van der Waals surface area (Å²) in [5.74, 6) is -1.30. The van der Waals surface area contributed by atoms with Crippen molar-refractivity contribution in [1.29, 1.82) is 0 Å². The van der Waals surface area contributed by atoms with Gasteiger partial charge in [0, 0.05) is 39.8 Å². The molecule has 12 nitrogen and oxygen atoms in total. The van der Waals surface area contributed by atoms with E-state index in [1.165, 1.54) is 78.9 Å². The molecule has 0 fully saturated rings. The lowest BCUT2D eigenvalue weighted by Gasteiger charge is -2.33. The third kappa shape index (κ3) is 5.82. The van der Waals surface area contributed by atoms with Gasteiger partial charge in [0.15, 0.2) is 0 Å². The SMILES string of the molecule is CCC(C)(c1ccc(OS(=O)(=O)c2cccc3c2C=CC(=[N+]=[N-])C3=O)cc1)c1ccc(S(=O)(=O)Oc2ccccc2)c2c1C(=O)C(=[N+]=[N-])C=C2. The molecule has 50 heavy (non-hydrogen) atoms. The van der Waals surface area contributed by atoms with Crippen molar-refractivity contribution in [2.75, 3.05) is 0 Å². The van der Waals surface area contributed by atoms with Crippen molar-refractivity contribution in [3.05, 3.63) is 142 Å². The van der Waals surface area contributed by atoms with Gasteiger partial charge in [0.25, 0.3) is 11.6 Å². The highest BCUT2D eigenvalue weighted by molar-refractivity contribution is 7.87. The van der Waals surface area contributed by atoms with Gasteiger partial charge in [-0.15, -0.1) is 0 Å². The second-order valence-corrected chi connectivity index (χ2v) is 14.5. The van der Waals surface area contributed by atoms with Crippen LogP contribution in [0.5, 0.6) is 11.5 Å². The second kappa shape index (κ2) is 12.8. The third-order valence-corrected chi connectivity index (χ3v) is 11.3. The highest BCUT2D eigenvalue weighted by atomic mass is 32.2. The predicted octanol–water partition coefficient (Wildman–Crippen LogP) is 5.70. The summed E-state index contributed by atoms with van der Waals surface area (Å²) in [6.07, 6.45) is 5.57. The topological polar surface area (TPSA) is 194 Å². The van der Waals surface area contributed by atoms with Crippen LogP contribution in [0.4, 0.5) is 0 Å². The summed E-state index contributed by atoms with van der Waals surface area (Å²) in [4.78, 5) is 31.8. The summed E-state index contributed by atoms with van der Waals surface area (Å²) in [5, 5.41) is 0. The van der Waals surface area contributed by atoms with E-state index in [9.17, 15) is 32.0 Å². The number of fused-ring (bicyclic) bond motifs is 2. The van der Waals surface area contributed by atoms with Gasteiger partial charge >= 0.3 is 31.7 Å². The molecule has 4 aromatic carbocycles. The Morgan fingerprint density at radius 3 is 1.80 bits per heavy atom. The fraction of sp³-hybridized carbons (Fsp3) is 0.111. The minimum Gasteiger partial charge on any atom is -0.379 e. The second-order valence-electron chi connectivity index (χ2n) is 11.5. The molecule has 4 aromatic rings. The minimum atomic E-state index is -4.44. The Morgan fingerprint density at radius 1 is 0.640 bits per heavy atom. The zero-order chi connectivity index (χ0) is 35.8. The summed E-state index contributed by atoms with van der Waals surface area (Å²) in [6.45, 7) is 3.71. The molecular formula is C36H26N4O8S2. The van der Waals surface area contributed by atoms with Crippen LogP contribution in [0.3, 0.4) is 0 Å². The zero-order valence-corrected chi connectivity index (χ0v) is 28.1. The summed E-state index contributed by atoms with van der Waals surface area (Å²) >= 11 is 0. The van der Waals surface area contributed by atoms with Crippen LogP contribution < -0.4 is 8.37 Å². The molecule has 0 bridgehead atoms. The van der Waals surface area contributed by atoms with Gasteiger partial charge in [-0.1, -0.05) is 62.4 Å². The van der Waals surface area contributed by atoms with Crippen molar-refractivity contribution in [1.82, 2.24) is 0 Å². The number of benzene rings is 4. The maximum atomic E-state index is 13.7. The Labute approximate surface area is 287 Å². The van der Waals surface area contributed by atoms with Gasteiger partial charge in [0.05, 0.1) is 0 Å². The number of rotatable bonds is 9. The van der Waals surface area contributed by atoms with Gasteiger partial charge in [-0.3, -0.25) is 9.59 Å². The van der Waals surface area contributed by atoms with Gasteiger partial charge in [0.1, 0.15) is 21.3 Å². The Morgan fingerprint density at radius 2 is 1.20 bits per heavy atom. The zero-order valence-electron chi connectivity index (χ0n) is 26.5. The number of carbonyl (C=O) groups is 2. The average molecular weight is 707 g/mol. The van der Waals surface area contributed by atoms with E-state index in [0.29, 0.717) is 17.5 Å². The van der Waals surface area contributed by atoms with Crippen molar-refractivity contribution in [2.45, 2.75) is 35.5 Å². The van der Waals surface area contributed by atoms with Crippen molar-refractivity contribution >= 4 is 55.4 Å². The molecule has 0 aromatic heterocycles.